The Hall–Kier alpha value is -4.08. The average molecular weight is 483 g/mol. The van der Waals surface area contributed by atoms with Gasteiger partial charge in [0.2, 0.25) is 0 Å². The van der Waals surface area contributed by atoms with Gasteiger partial charge in [-0.3, -0.25) is 0 Å². The summed E-state index contributed by atoms with van der Waals surface area (Å²) in [5.74, 6) is -1.50. The average Bonchev–Trinajstić information content (AvgIpc) is 3.58. The van der Waals surface area contributed by atoms with Gasteiger partial charge >= 0.3 is 0 Å². The number of hydrogen-bond acceptors (Lipinski definition) is 6. The molecule has 0 atom stereocenters. The summed E-state index contributed by atoms with van der Waals surface area (Å²) >= 11 is 2.57. The molecule has 8 heteroatoms. The minimum atomic E-state index is -0.748. The summed E-state index contributed by atoms with van der Waals surface area (Å²) in [7, 11) is 0. The quantitative estimate of drug-likeness (QED) is 0.256. The highest BCUT2D eigenvalue weighted by Gasteiger charge is 2.42. The molecule has 0 aliphatic heterocycles. The van der Waals surface area contributed by atoms with Crippen LogP contribution in [0, 0.1) is 57.0 Å². The van der Waals surface area contributed by atoms with E-state index in [0.29, 0.717) is 33.7 Å². The van der Waals surface area contributed by atoms with Crippen molar-refractivity contribution >= 4 is 33.8 Å². The van der Waals surface area contributed by atoms with Crippen molar-refractivity contribution in [3.05, 3.63) is 66.9 Å². The fraction of sp³-hybridized carbons (Fsp3) is 0.154. The number of rotatable bonds is 2. The summed E-state index contributed by atoms with van der Waals surface area (Å²) in [6, 6.07) is 10.9. The van der Waals surface area contributed by atoms with Crippen LogP contribution in [0.2, 0.25) is 0 Å². The molecule has 2 heterocycles. The first kappa shape index (κ1) is 21.7. The number of allylic oxidation sites excluding steroid dienone is 2. The van der Waals surface area contributed by atoms with E-state index >= 15 is 8.78 Å². The summed E-state index contributed by atoms with van der Waals surface area (Å²) in [5.41, 5.74) is 0.284. The van der Waals surface area contributed by atoms with Crippen molar-refractivity contribution in [1.29, 1.82) is 21.0 Å². The van der Waals surface area contributed by atoms with Gasteiger partial charge in [0, 0.05) is 64.0 Å². The molecule has 0 saturated heterocycles. The molecule has 0 spiro atoms. The fourth-order valence-electron chi connectivity index (χ4n) is 4.62. The van der Waals surface area contributed by atoms with Crippen molar-refractivity contribution in [2.75, 3.05) is 0 Å². The third-order valence-corrected chi connectivity index (χ3v) is 8.67. The van der Waals surface area contributed by atoms with Crippen LogP contribution in [0.5, 0.6) is 0 Å². The zero-order chi connectivity index (χ0) is 24.3. The van der Waals surface area contributed by atoms with Gasteiger partial charge in [-0.2, -0.15) is 21.0 Å². The molecule has 0 N–H and O–H groups in total. The molecule has 0 radical (unpaired) electrons. The second-order valence-corrected chi connectivity index (χ2v) is 9.97. The second-order valence-electron chi connectivity index (χ2n) is 7.69. The number of thiophene rings is 2. The van der Waals surface area contributed by atoms with E-state index in [4.69, 9.17) is 0 Å². The summed E-state index contributed by atoms with van der Waals surface area (Å²) in [4.78, 5) is 2.70. The van der Waals surface area contributed by atoms with Crippen LogP contribution in [-0.4, -0.2) is 0 Å². The molecule has 0 bridgehead atoms. The number of benzene rings is 1. The second kappa shape index (κ2) is 7.75. The standard InChI is InChI=1S/C26H12F2N4S2/c1-3-13-5-15-17(11(7-29)8-30)19-21(25(15)33-13)23(27)20-18(12(9-31)10-32)16-6-14(4-2)34-26(16)22(20)24(19)28/h5-6H,3-4H2,1-2H3. The third-order valence-electron chi connectivity index (χ3n) is 6.08. The summed E-state index contributed by atoms with van der Waals surface area (Å²) in [6.45, 7) is 3.85. The lowest BCUT2D eigenvalue weighted by Gasteiger charge is -2.13. The van der Waals surface area contributed by atoms with E-state index in [1.54, 1.807) is 12.1 Å². The van der Waals surface area contributed by atoms with Crippen LogP contribution in [0.15, 0.2) is 23.3 Å². The summed E-state index contributed by atoms with van der Waals surface area (Å²) in [6.07, 6.45) is 1.30. The van der Waals surface area contributed by atoms with Crippen LogP contribution < -0.4 is 0 Å². The predicted molar refractivity (Wildman–Crippen MR) is 126 cm³/mol. The van der Waals surface area contributed by atoms with Crippen molar-refractivity contribution in [2.24, 2.45) is 0 Å². The third kappa shape index (κ3) is 2.62. The maximum Gasteiger partial charge on any atom is 0.141 e. The Bertz CT molecular complexity index is 1530. The highest BCUT2D eigenvalue weighted by molar-refractivity contribution is 7.16. The van der Waals surface area contributed by atoms with Gasteiger partial charge in [-0.05, 0) is 25.0 Å². The molecular formula is C26H12F2N4S2. The van der Waals surface area contributed by atoms with Gasteiger partial charge in [0.1, 0.15) is 47.1 Å². The minimum Gasteiger partial charge on any atom is -0.206 e. The van der Waals surface area contributed by atoms with Crippen LogP contribution in [0.25, 0.3) is 32.0 Å². The van der Waals surface area contributed by atoms with Gasteiger partial charge in [-0.1, -0.05) is 13.8 Å². The summed E-state index contributed by atoms with van der Waals surface area (Å²) < 4.78 is 32.8. The van der Waals surface area contributed by atoms with Crippen LogP contribution in [0.4, 0.5) is 8.78 Å². The molecule has 0 unspecified atom stereocenters. The van der Waals surface area contributed by atoms with Gasteiger partial charge in [-0.15, -0.1) is 22.7 Å². The normalized spacial score (nSPS) is 12.1. The van der Waals surface area contributed by atoms with E-state index in [1.165, 1.54) is 22.7 Å². The number of fused-ring (bicyclic) bond motifs is 6. The Labute approximate surface area is 202 Å². The van der Waals surface area contributed by atoms with E-state index in [2.05, 4.69) is 0 Å². The molecular weight excluding hydrogens is 470 g/mol. The predicted octanol–water partition coefficient (Wildman–Crippen LogP) is 6.87. The Morgan fingerprint density at radius 2 is 1.03 bits per heavy atom. The monoisotopic (exact) mass is 482 g/mol. The number of hydrogen-bond donors (Lipinski definition) is 0. The van der Waals surface area contributed by atoms with Gasteiger partial charge in [0.25, 0.3) is 0 Å². The minimum absolute atomic E-state index is 0.0208. The molecule has 4 nitrogen and oxygen atoms in total. The van der Waals surface area contributed by atoms with Gasteiger partial charge in [0.15, 0.2) is 0 Å². The number of halogens is 2. The lowest BCUT2D eigenvalue weighted by Crippen LogP contribution is -2.01. The Kier molecular flexibility index (Phi) is 4.96. The molecule has 2 aliphatic carbocycles. The SMILES string of the molecule is CCc1cc2c(s1)-c1c(F)c3c(c(F)c1C2=C(C#N)C#N)-c1sc(CC)cc1C3=C(C#N)C#N. The number of aryl methyl sites for hydroxylation is 2. The van der Waals surface area contributed by atoms with Gasteiger partial charge in [-0.25, -0.2) is 8.78 Å². The topological polar surface area (TPSA) is 95.2 Å². The largest absolute Gasteiger partial charge is 0.206 e. The Morgan fingerprint density at radius 1 is 0.676 bits per heavy atom. The van der Waals surface area contributed by atoms with Crippen molar-refractivity contribution in [2.45, 2.75) is 26.7 Å². The number of nitrogens with zero attached hydrogens (tertiary/aromatic N) is 4. The van der Waals surface area contributed by atoms with Crippen LogP contribution in [0.3, 0.4) is 0 Å². The zero-order valence-electron chi connectivity index (χ0n) is 17.9. The molecule has 0 saturated carbocycles. The molecule has 1 aromatic carbocycles. The lowest BCUT2D eigenvalue weighted by atomic mass is 9.92. The van der Waals surface area contributed by atoms with Crippen LogP contribution in [0.1, 0.15) is 45.9 Å². The van der Waals surface area contributed by atoms with E-state index < -0.39 is 11.6 Å². The van der Waals surface area contributed by atoms with E-state index in [0.717, 1.165) is 9.75 Å². The first-order chi connectivity index (χ1) is 16.4. The fourth-order valence-corrected chi connectivity index (χ4v) is 6.92. The van der Waals surface area contributed by atoms with Crippen LogP contribution >= 0.6 is 22.7 Å². The smallest absolute Gasteiger partial charge is 0.141 e. The Morgan fingerprint density at radius 3 is 1.32 bits per heavy atom. The van der Waals surface area contributed by atoms with Gasteiger partial charge < -0.3 is 0 Å². The molecule has 162 valence electrons. The van der Waals surface area contributed by atoms with Crippen molar-refractivity contribution < 1.29 is 8.78 Å². The first-order valence-corrected chi connectivity index (χ1v) is 12.0. The zero-order valence-corrected chi connectivity index (χ0v) is 19.6. The van der Waals surface area contributed by atoms with E-state index in [-0.39, 0.29) is 44.5 Å². The molecule has 2 aliphatic rings. The highest BCUT2D eigenvalue weighted by atomic mass is 32.1. The van der Waals surface area contributed by atoms with E-state index in [1.807, 2.05) is 38.1 Å². The molecule has 0 fully saturated rings. The van der Waals surface area contributed by atoms with Crippen molar-refractivity contribution in [1.82, 2.24) is 0 Å². The van der Waals surface area contributed by atoms with E-state index in [9.17, 15) is 21.0 Å². The molecule has 34 heavy (non-hydrogen) atoms. The lowest BCUT2D eigenvalue weighted by molar-refractivity contribution is 0.603. The molecule has 5 rings (SSSR count). The Balaban J connectivity index is 2.02. The number of nitriles is 4. The molecule has 0 amide bonds. The van der Waals surface area contributed by atoms with Gasteiger partial charge in [0.05, 0.1) is 0 Å². The molecule has 2 aromatic heterocycles. The van der Waals surface area contributed by atoms with Crippen molar-refractivity contribution in [3.8, 4) is 45.2 Å². The van der Waals surface area contributed by atoms with Crippen LogP contribution in [-0.2, 0) is 12.8 Å². The maximum absolute atomic E-state index is 16.4. The maximum atomic E-state index is 16.4. The van der Waals surface area contributed by atoms with Crippen molar-refractivity contribution in [3.63, 3.8) is 0 Å². The highest BCUT2D eigenvalue weighted by Crippen LogP contribution is 2.59. The first-order valence-electron chi connectivity index (χ1n) is 10.4. The molecule has 3 aromatic rings. The summed E-state index contributed by atoms with van der Waals surface area (Å²) in [5, 5.41) is 38.4.